The van der Waals surface area contributed by atoms with Crippen LogP contribution in [0.2, 0.25) is 0 Å². The Balaban J connectivity index is 1.73. The highest BCUT2D eigenvalue weighted by atomic mass is 16.3. The fourth-order valence-electron chi connectivity index (χ4n) is 2.84. The fourth-order valence-corrected chi connectivity index (χ4v) is 2.84. The zero-order chi connectivity index (χ0) is 18.4. The second-order valence-electron chi connectivity index (χ2n) is 6.76. The Labute approximate surface area is 149 Å². The van der Waals surface area contributed by atoms with Crippen LogP contribution in [0.4, 0.5) is 4.79 Å². The predicted molar refractivity (Wildman–Crippen MR) is 98.4 cm³/mol. The van der Waals surface area contributed by atoms with Crippen molar-refractivity contribution in [2.75, 3.05) is 13.1 Å². The molecule has 2 atom stereocenters. The van der Waals surface area contributed by atoms with Crippen molar-refractivity contribution in [2.24, 2.45) is 5.92 Å². The minimum absolute atomic E-state index is 0.184. The molecule has 0 aliphatic heterocycles. The molecule has 0 unspecified atom stereocenters. The Bertz CT molecular complexity index is 691. The number of hydrogen-bond donors (Lipinski definition) is 3. The number of aliphatic hydroxyl groups is 1. The maximum atomic E-state index is 11.9. The van der Waals surface area contributed by atoms with Crippen molar-refractivity contribution in [3.8, 4) is 0 Å². The number of benzene rings is 1. The third kappa shape index (κ3) is 5.90. The third-order valence-electron chi connectivity index (χ3n) is 4.13. The van der Waals surface area contributed by atoms with Gasteiger partial charge >= 0.3 is 6.03 Å². The van der Waals surface area contributed by atoms with E-state index in [9.17, 15) is 9.90 Å². The molecule has 1 heterocycles. The molecule has 0 spiro atoms. The summed E-state index contributed by atoms with van der Waals surface area (Å²) in [6, 6.07) is 5.66. The molecule has 0 saturated carbocycles. The average molecular weight is 344 g/mol. The van der Waals surface area contributed by atoms with Crippen LogP contribution in [0, 0.1) is 26.7 Å². The van der Waals surface area contributed by atoms with Crippen molar-refractivity contribution in [3.05, 3.63) is 53.1 Å². The molecule has 6 nitrogen and oxygen atoms in total. The van der Waals surface area contributed by atoms with Crippen molar-refractivity contribution in [2.45, 2.75) is 40.3 Å². The first-order valence-corrected chi connectivity index (χ1v) is 8.61. The molecule has 2 aromatic rings. The lowest BCUT2D eigenvalue weighted by Gasteiger charge is -2.17. The van der Waals surface area contributed by atoms with Gasteiger partial charge in [-0.1, -0.05) is 36.2 Å². The molecular weight excluding hydrogens is 316 g/mol. The molecule has 0 aliphatic carbocycles. The number of aryl methyl sites for hydroxylation is 3. The van der Waals surface area contributed by atoms with Gasteiger partial charge in [-0.3, -0.25) is 0 Å². The van der Waals surface area contributed by atoms with Crippen LogP contribution in [-0.2, 0) is 6.54 Å². The molecule has 0 saturated heterocycles. The van der Waals surface area contributed by atoms with Gasteiger partial charge in [0.2, 0.25) is 0 Å². The molecule has 2 amide bonds. The quantitative estimate of drug-likeness (QED) is 0.722. The van der Waals surface area contributed by atoms with Crippen LogP contribution >= 0.6 is 0 Å². The van der Waals surface area contributed by atoms with E-state index in [4.69, 9.17) is 0 Å². The molecule has 0 fully saturated rings. The Kier molecular flexibility index (Phi) is 6.58. The minimum atomic E-state index is -0.713. The Morgan fingerprint density at radius 1 is 1.16 bits per heavy atom. The molecule has 0 aliphatic rings. The van der Waals surface area contributed by atoms with Gasteiger partial charge in [0, 0.05) is 32.0 Å². The molecular formula is C19H28N4O2. The zero-order valence-corrected chi connectivity index (χ0v) is 15.4. The maximum absolute atomic E-state index is 11.9. The lowest BCUT2D eigenvalue weighted by atomic mass is 10.0. The highest BCUT2D eigenvalue weighted by Gasteiger charge is 2.11. The number of carbonyl (C=O) groups excluding carboxylic acids is 1. The second-order valence-corrected chi connectivity index (χ2v) is 6.76. The number of rotatable bonds is 7. The molecule has 6 heteroatoms. The smallest absolute Gasteiger partial charge is 0.314 e. The summed E-state index contributed by atoms with van der Waals surface area (Å²) in [7, 11) is 0. The summed E-state index contributed by atoms with van der Waals surface area (Å²) in [6.07, 6.45) is 3.00. The number of aromatic nitrogens is 2. The van der Waals surface area contributed by atoms with Crippen molar-refractivity contribution in [1.29, 1.82) is 0 Å². The summed E-state index contributed by atoms with van der Waals surface area (Å²) in [4.78, 5) is 16.1. The molecule has 136 valence electrons. The normalized spacial score (nSPS) is 13.3. The van der Waals surface area contributed by atoms with Crippen molar-refractivity contribution < 1.29 is 9.90 Å². The zero-order valence-electron chi connectivity index (χ0n) is 15.4. The van der Waals surface area contributed by atoms with Gasteiger partial charge in [0.1, 0.15) is 5.82 Å². The monoisotopic (exact) mass is 344 g/mol. The second kappa shape index (κ2) is 8.67. The topological polar surface area (TPSA) is 79.2 Å². The van der Waals surface area contributed by atoms with Crippen molar-refractivity contribution in [3.63, 3.8) is 0 Å². The van der Waals surface area contributed by atoms with E-state index in [0.717, 1.165) is 29.1 Å². The van der Waals surface area contributed by atoms with E-state index in [1.165, 1.54) is 0 Å². The minimum Gasteiger partial charge on any atom is -0.387 e. The van der Waals surface area contributed by atoms with E-state index in [1.807, 2.05) is 39.1 Å². The summed E-state index contributed by atoms with van der Waals surface area (Å²) in [6.45, 7) is 9.56. The SMILES string of the molecule is Cc1cc(C)cc([C@H](O)CNC(=O)NC[C@@H](C)Cn2ccnc2C)c1. The van der Waals surface area contributed by atoms with Crippen LogP contribution in [-0.4, -0.2) is 33.8 Å². The van der Waals surface area contributed by atoms with E-state index in [1.54, 1.807) is 6.20 Å². The molecule has 1 aromatic heterocycles. The molecule has 25 heavy (non-hydrogen) atoms. The van der Waals surface area contributed by atoms with Gasteiger partial charge in [0.05, 0.1) is 6.10 Å². The number of nitrogens with one attached hydrogen (secondary N) is 2. The first-order chi connectivity index (χ1) is 11.8. The lowest BCUT2D eigenvalue weighted by Crippen LogP contribution is -2.40. The maximum Gasteiger partial charge on any atom is 0.314 e. The Hall–Kier alpha value is -2.34. The number of urea groups is 1. The van der Waals surface area contributed by atoms with Gasteiger partial charge in [-0.2, -0.15) is 0 Å². The first kappa shape index (κ1) is 19.0. The van der Waals surface area contributed by atoms with Gasteiger partial charge in [-0.05, 0) is 32.3 Å². The summed E-state index contributed by atoms with van der Waals surface area (Å²) in [5, 5.41) is 15.8. The van der Waals surface area contributed by atoms with E-state index in [0.29, 0.717) is 6.54 Å². The Morgan fingerprint density at radius 2 is 1.80 bits per heavy atom. The van der Waals surface area contributed by atoms with Gasteiger partial charge in [0.15, 0.2) is 0 Å². The summed E-state index contributed by atoms with van der Waals surface area (Å²) in [5.41, 5.74) is 3.02. The lowest BCUT2D eigenvalue weighted by molar-refractivity contribution is 0.172. The van der Waals surface area contributed by atoms with Crippen LogP contribution in [0.5, 0.6) is 0 Å². The number of hydrogen-bond acceptors (Lipinski definition) is 3. The number of imidazole rings is 1. The van der Waals surface area contributed by atoms with E-state index in [-0.39, 0.29) is 18.5 Å². The number of amides is 2. The summed E-state index contributed by atoms with van der Waals surface area (Å²) >= 11 is 0. The summed E-state index contributed by atoms with van der Waals surface area (Å²) in [5.74, 6) is 1.25. The molecule has 0 radical (unpaired) electrons. The average Bonchev–Trinajstić information content (AvgIpc) is 2.94. The Morgan fingerprint density at radius 3 is 2.40 bits per heavy atom. The predicted octanol–water partition coefficient (Wildman–Crippen LogP) is 2.48. The van der Waals surface area contributed by atoms with Crippen LogP contribution in [0.15, 0.2) is 30.6 Å². The van der Waals surface area contributed by atoms with Gasteiger partial charge in [0.25, 0.3) is 0 Å². The number of aliphatic hydroxyl groups excluding tert-OH is 1. The van der Waals surface area contributed by atoms with Crippen LogP contribution < -0.4 is 10.6 Å². The van der Waals surface area contributed by atoms with Gasteiger partial charge in [-0.15, -0.1) is 0 Å². The highest BCUT2D eigenvalue weighted by molar-refractivity contribution is 5.73. The van der Waals surface area contributed by atoms with Crippen molar-refractivity contribution >= 4 is 6.03 Å². The van der Waals surface area contributed by atoms with Crippen LogP contribution in [0.25, 0.3) is 0 Å². The standard InChI is InChI=1S/C19H28N4O2/c1-13-7-14(2)9-17(8-13)18(24)11-22-19(25)21-10-15(3)12-23-6-5-20-16(23)4/h5-9,15,18,24H,10-12H2,1-4H3,(H2,21,22,25)/t15-,18-/m1/s1. The third-order valence-corrected chi connectivity index (χ3v) is 4.13. The van der Waals surface area contributed by atoms with Gasteiger partial charge in [-0.25, -0.2) is 9.78 Å². The molecule has 3 N–H and O–H groups in total. The van der Waals surface area contributed by atoms with Crippen molar-refractivity contribution in [1.82, 2.24) is 20.2 Å². The van der Waals surface area contributed by atoms with Gasteiger partial charge < -0.3 is 20.3 Å². The largest absolute Gasteiger partial charge is 0.387 e. The van der Waals surface area contributed by atoms with E-state index < -0.39 is 6.10 Å². The summed E-state index contributed by atoms with van der Waals surface area (Å²) < 4.78 is 2.06. The van der Waals surface area contributed by atoms with E-state index >= 15 is 0 Å². The molecule has 2 rings (SSSR count). The molecule has 1 aromatic carbocycles. The molecule has 0 bridgehead atoms. The number of nitrogens with zero attached hydrogens (tertiary/aromatic N) is 2. The first-order valence-electron chi connectivity index (χ1n) is 8.61. The number of carbonyl (C=O) groups is 1. The highest BCUT2D eigenvalue weighted by Crippen LogP contribution is 2.16. The van der Waals surface area contributed by atoms with Crippen LogP contribution in [0.1, 0.15) is 35.5 Å². The van der Waals surface area contributed by atoms with E-state index in [2.05, 4.69) is 33.2 Å². The van der Waals surface area contributed by atoms with Crippen LogP contribution in [0.3, 0.4) is 0 Å². The fraction of sp³-hybridized carbons (Fsp3) is 0.474.